The van der Waals surface area contributed by atoms with E-state index < -0.39 is 17.4 Å². The highest BCUT2D eigenvalue weighted by atomic mass is 35.5. The molecule has 29 heavy (non-hydrogen) atoms. The van der Waals surface area contributed by atoms with Crippen LogP contribution < -0.4 is 5.43 Å². The van der Waals surface area contributed by atoms with E-state index in [9.17, 15) is 19.5 Å². The number of carboxylic acid groups (broad SMARTS) is 1. The predicted molar refractivity (Wildman–Crippen MR) is 111 cm³/mol. The number of pyridine rings is 1. The van der Waals surface area contributed by atoms with Gasteiger partial charge in [0.15, 0.2) is 0 Å². The average molecular weight is 434 g/mol. The molecule has 1 aromatic heterocycles. The number of esters is 1. The Labute approximate surface area is 176 Å². The summed E-state index contributed by atoms with van der Waals surface area (Å²) < 4.78 is 6.54. The van der Waals surface area contributed by atoms with Crippen molar-refractivity contribution >= 4 is 46.0 Å². The summed E-state index contributed by atoms with van der Waals surface area (Å²) >= 11 is 12.3. The lowest BCUT2D eigenvalue weighted by atomic mass is 10.0. The minimum atomic E-state index is -1.32. The number of aromatic carboxylic acids is 1. The fraction of sp³-hybridized carbons (Fsp3) is 0.190. The summed E-state index contributed by atoms with van der Waals surface area (Å²) in [6.07, 6.45) is 1.70. The fourth-order valence-electron chi connectivity index (χ4n) is 3.08. The van der Waals surface area contributed by atoms with Gasteiger partial charge in [-0.05, 0) is 35.7 Å². The Morgan fingerprint density at radius 3 is 2.62 bits per heavy atom. The maximum absolute atomic E-state index is 12.7. The van der Waals surface area contributed by atoms with E-state index in [0.717, 1.165) is 11.1 Å². The number of carbonyl (C=O) groups is 2. The van der Waals surface area contributed by atoms with Gasteiger partial charge in [-0.25, -0.2) is 4.79 Å². The van der Waals surface area contributed by atoms with Gasteiger partial charge in [0.1, 0.15) is 12.2 Å². The van der Waals surface area contributed by atoms with E-state index in [1.807, 2.05) is 12.1 Å². The molecule has 0 amide bonds. The van der Waals surface area contributed by atoms with Gasteiger partial charge in [-0.15, -0.1) is 0 Å². The van der Waals surface area contributed by atoms with Gasteiger partial charge < -0.3 is 14.4 Å². The zero-order valence-corrected chi connectivity index (χ0v) is 17.0. The van der Waals surface area contributed by atoms with Gasteiger partial charge in [-0.3, -0.25) is 9.59 Å². The number of rotatable bonds is 6. The molecule has 3 rings (SSSR count). The highest BCUT2D eigenvalue weighted by Gasteiger charge is 2.16. The Balaban J connectivity index is 2.07. The molecule has 0 saturated carbocycles. The SMILES string of the molecule is CC(=O)OCCn1cc(C(=O)O)c(=O)c2cc(Cc3cccc(Cl)c3Cl)ccc21. The van der Waals surface area contributed by atoms with E-state index in [-0.39, 0.29) is 24.1 Å². The molecule has 0 radical (unpaired) electrons. The Kier molecular flexibility index (Phi) is 6.25. The van der Waals surface area contributed by atoms with Crippen LogP contribution >= 0.6 is 23.2 Å². The number of hydrogen-bond donors (Lipinski definition) is 1. The second-order valence-electron chi connectivity index (χ2n) is 6.45. The standard InChI is InChI=1S/C21H17Cl2NO5/c1-12(25)29-8-7-24-11-16(21(27)28)20(26)15-10-13(5-6-18(15)24)9-14-3-2-4-17(22)19(14)23/h2-6,10-11H,7-9H2,1H3,(H,27,28). The Bertz CT molecular complexity index is 1170. The number of nitrogens with zero attached hydrogens (tertiary/aromatic N) is 1. The average Bonchev–Trinajstić information content (AvgIpc) is 2.67. The Morgan fingerprint density at radius 2 is 1.93 bits per heavy atom. The predicted octanol–water partition coefficient (Wildman–Crippen LogP) is 4.16. The van der Waals surface area contributed by atoms with Gasteiger partial charge in [-0.1, -0.05) is 41.4 Å². The molecule has 0 unspecified atom stereocenters. The van der Waals surface area contributed by atoms with Gasteiger partial charge in [0.25, 0.3) is 0 Å². The van der Waals surface area contributed by atoms with Crippen LogP contribution in [0.4, 0.5) is 0 Å². The maximum Gasteiger partial charge on any atom is 0.341 e. The molecule has 0 atom stereocenters. The van der Waals surface area contributed by atoms with E-state index in [4.69, 9.17) is 27.9 Å². The van der Waals surface area contributed by atoms with Crippen molar-refractivity contribution in [2.75, 3.05) is 6.61 Å². The molecule has 0 fully saturated rings. The third-order valence-electron chi connectivity index (χ3n) is 4.44. The van der Waals surface area contributed by atoms with Crippen LogP contribution in [0.25, 0.3) is 10.9 Å². The van der Waals surface area contributed by atoms with Crippen molar-refractivity contribution < 1.29 is 19.4 Å². The topological polar surface area (TPSA) is 85.6 Å². The van der Waals surface area contributed by atoms with E-state index in [1.54, 1.807) is 28.8 Å². The summed E-state index contributed by atoms with van der Waals surface area (Å²) in [5.74, 6) is -1.75. The summed E-state index contributed by atoms with van der Waals surface area (Å²) in [6.45, 7) is 1.57. The first-order valence-corrected chi connectivity index (χ1v) is 9.49. The molecule has 1 heterocycles. The second-order valence-corrected chi connectivity index (χ2v) is 7.24. The van der Waals surface area contributed by atoms with Gasteiger partial charge in [-0.2, -0.15) is 0 Å². The smallest absolute Gasteiger partial charge is 0.341 e. The van der Waals surface area contributed by atoms with Crippen molar-refractivity contribution in [3.63, 3.8) is 0 Å². The van der Waals surface area contributed by atoms with Crippen LogP contribution in [0.15, 0.2) is 47.4 Å². The van der Waals surface area contributed by atoms with Crippen LogP contribution in [-0.4, -0.2) is 28.2 Å². The summed E-state index contributed by atoms with van der Waals surface area (Å²) in [7, 11) is 0. The normalized spacial score (nSPS) is 10.9. The Morgan fingerprint density at radius 1 is 1.17 bits per heavy atom. The van der Waals surface area contributed by atoms with E-state index >= 15 is 0 Å². The molecular weight excluding hydrogens is 417 g/mol. The molecule has 6 nitrogen and oxygen atoms in total. The number of ether oxygens (including phenoxy) is 1. The minimum absolute atomic E-state index is 0.0617. The van der Waals surface area contributed by atoms with Gasteiger partial charge in [0.2, 0.25) is 5.43 Å². The summed E-state index contributed by atoms with van der Waals surface area (Å²) in [6, 6.07) is 10.5. The van der Waals surface area contributed by atoms with Crippen LogP contribution in [-0.2, 0) is 22.5 Å². The van der Waals surface area contributed by atoms with Crippen LogP contribution in [0.3, 0.4) is 0 Å². The summed E-state index contributed by atoms with van der Waals surface area (Å²) in [5.41, 5.74) is 1.21. The van der Waals surface area contributed by atoms with Gasteiger partial charge >= 0.3 is 11.9 Å². The molecule has 8 heteroatoms. The highest BCUT2D eigenvalue weighted by Crippen LogP contribution is 2.28. The molecule has 0 aliphatic carbocycles. The maximum atomic E-state index is 12.7. The molecule has 0 aliphatic heterocycles. The van der Waals surface area contributed by atoms with Crippen LogP contribution in [0, 0.1) is 0 Å². The first-order valence-electron chi connectivity index (χ1n) is 8.73. The van der Waals surface area contributed by atoms with Crippen molar-refractivity contribution in [3.05, 3.63) is 79.6 Å². The van der Waals surface area contributed by atoms with Gasteiger partial charge in [0.05, 0.1) is 22.1 Å². The first-order chi connectivity index (χ1) is 13.8. The molecule has 1 N–H and O–H groups in total. The lowest BCUT2D eigenvalue weighted by molar-refractivity contribution is -0.141. The zero-order valence-electron chi connectivity index (χ0n) is 15.4. The number of benzene rings is 2. The Hall–Kier alpha value is -2.83. The van der Waals surface area contributed by atoms with Crippen molar-refractivity contribution in [1.29, 1.82) is 0 Å². The molecule has 0 spiro atoms. The molecule has 3 aromatic rings. The molecule has 150 valence electrons. The molecular formula is C21H17Cl2NO5. The van der Waals surface area contributed by atoms with Crippen LogP contribution in [0.1, 0.15) is 28.4 Å². The summed E-state index contributed by atoms with van der Waals surface area (Å²) in [4.78, 5) is 35.2. The van der Waals surface area contributed by atoms with E-state index in [0.29, 0.717) is 22.0 Å². The number of fused-ring (bicyclic) bond motifs is 1. The van der Waals surface area contributed by atoms with E-state index in [1.165, 1.54) is 13.1 Å². The van der Waals surface area contributed by atoms with Crippen molar-refractivity contribution in [3.8, 4) is 0 Å². The third-order valence-corrected chi connectivity index (χ3v) is 5.30. The van der Waals surface area contributed by atoms with Crippen molar-refractivity contribution in [2.24, 2.45) is 0 Å². The second kappa shape index (κ2) is 8.68. The quantitative estimate of drug-likeness (QED) is 0.589. The monoisotopic (exact) mass is 433 g/mol. The number of halogens is 2. The first kappa shape index (κ1) is 20.9. The summed E-state index contributed by atoms with van der Waals surface area (Å²) in [5, 5.41) is 10.5. The molecule has 0 bridgehead atoms. The van der Waals surface area contributed by atoms with Crippen molar-refractivity contribution in [1.82, 2.24) is 4.57 Å². The molecule has 2 aromatic carbocycles. The number of aromatic nitrogens is 1. The highest BCUT2D eigenvalue weighted by molar-refractivity contribution is 6.42. The molecule has 0 aliphatic rings. The van der Waals surface area contributed by atoms with Crippen LogP contribution in [0.2, 0.25) is 10.0 Å². The fourth-order valence-corrected chi connectivity index (χ4v) is 3.47. The largest absolute Gasteiger partial charge is 0.477 e. The zero-order chi connectivity index (χ0) is 21.1. The number of carboxylic acids is 1. The lowest BCUT2D eigenvalue weighted by Crippen LogP contribution is -2.20. The van der Waals surface area contributed by atoms with Gasteiger partial charge in [0, 0.05) is 18.5 Å². The number of hydrogen-bond acceptors (Lipinski definition) is 4. The van der Waals surface area contributed by atoms with Crippen LogP contribution in [0.5, 0.6) is 0 Å². The number of carbonyl (C=O) groups excluding carboxylic acids is 1. The lowest BCUT2D eigenvalue weighted by Gasteiger charge is -2.14. The molecule has 0 saturated heterocycles. The minimum Gasteiger partial charge on any atom is -0.477 e. The third kappa shape index (κ3) is 4.60. The van der Waals surface area contributed by atoms with E-state index in [2.05, 4.69) is 0 Å². The van der Waals surface area contributed by atoms with Crippen molar-refractivity contribution in [2.45, 2.75) is 19.9 Å².